The van der Waals surface area contributed by atoms with Gasteiger partial charge in [-0.15, -0.1) is 0 Å². The number of thiocarbonyl (C=S) groups is 1. The third-order valence-corrected chi connectivity index (χ3v) is 11.3. The van der Waals surface area contributed by atoms with E-state index in [0.717, 1.165) is 83.9 Å². The van der Waals surface area contributed by atoms with Crippen molar-refractivity contribution in [1.29, 1.82) is 0 Å². The van der Waals surface area contributed by atoms with Crippen molar-refractivity contribution in [2.24, 2.45) is 4.74 Å². The molecule has 3 heterocycles. The molecule has 0 amide bonds. The van der Waals surface area contributed by atoms with Crippen LogP contribution in [0.15, 0.2) is 4.74 Å². The van der Waals surface area contributed by atoms with Crippen LogP contribution in [0.4, 0.5) is 0 Å². The third-order valence-electron chi connectivity index (χ3n) is 6.13. The molecule has 0 radical (unpaired) electrons. The van der Waals surface area contributed by atoms with E-state index in [1.807, 2.05) is 0 Å². The molecule has 0 aromatic heterocycles. The first-order valence-electron chi connectivity index (χ1n) is 10.8. The molecule has 7 nitrogen and oxygen atoms in total. The van der Waals surface area contributed by atoms with Crippen molar-refractivity contribution < 1.29 is 14.4 Å². The number of rotatable bonds is 3. The Balaban J connectivity index is 1.96. The normalized spacial score (nSPS) is 24.4. The molecule has 3 aliphatic rings. The van der Waals surface area contributed by atoms with Crippen LogP contribution in [0.1, 0.15) is 27.7 Å². The van der Waals surface area contributed by atoms with E-state index in [1.165, 1.54) is 6.54 Å². The van der Waals surface area contributed by atoms with Gasteiger partial charge in [-0.25, -0.2) is 4.74 Å². The molecule has 9 heteroatoms. The van der Waals surface area contributed by atoms with Gasteiger partial charge in [-0.2, -0.15) is 0 Å². The molecule has 0 spiro atoms. The van der Waals surface area contributed by atoms with Gasteiger partial charge in [0, 0.05) is 31.3 Å². The molecular weight excluding hydrogens is 393 g/mol. The first-order chi connectivity index (χ1) is 13.4. The van der Waals surface area contributed by atoms with E-state index in [0.29, 0.717) is 0 Å². The minimum atomic E-state index is -2.03. The molecule has 0 bridgehead atoms. The van der Waals surface area contributed by atoms with Gasteiger partial charge in [-0.05, 0) is 19.1 Å². The zero-order valence-electron chi connectivity index (χ0n) is 18.2. The maximum Gasteiger partial charge on any atom is 0.196 e. The van der Waals surface area contributed by atoms with Crippen LogP contribution in [0.25, 0.3) is 0 Å². The van der Waals surface area contributed by atoms with E-state index in [-0.39, 0.29) is 5.16 Å². The predicted octanol–water partition coefficient (Wildman–Crippen LogP) is 0.986. The lowest BCUT2D eigenvalue weighted by atomic mass is 10.3. The van der Waals surface area contributed by atoms with Crippen LogP contribution in [-0.4, -0.2) is 110 Å². The Bertz CT molecular complexity index is 555. The molecule has 3 rings (SSSR count). The average Bonchev–Trinajstić information content (AvgIpc) is 2.72. The van der Waals surface area contributed by atoms with Gasteiger partial charge >= 0.3 is 0 Å². The number of morpholine rings is 2. The van der Waals surface area contributed by atoms with Crippen LogP contribution in [0.2, 0.25) is 0 Å². The van der Waals surface area contributed by atoms with Gasteiger partial charge in [-0.3, -0.25) is 9.34 Å². The molecule has 0 aliphatic carbocycles. The van der Waals surface area contributed by atoms with Crippen LogP contribution in [0.5, 0.6) is 0 Å². The summed E-state index contributed by atoms with van der Waals surface area (Å²) in [5, 5.41) is 0.832. The summed E-state index contributed by atoms with van der Waals surface area (Å²) in [6, 6.07) is 0. The van der Waals surface area contributed by atoms with E-state index in [4.69, 9.17) is 26.4 Å². The predicted molar refractivity (Wildman–Crippen MR) is 119 cm³/mol. The van der Waals surface area contributed by atoms with Crippen molar-refractivity contribution >= 4 is 24.7 Å². The Hall–Kier alpha value is -0.0800. The zero-order chi connectivity index (χ0) is 20.2. The van der Waals surface area contributed by atoms with Crippen molar-refractivity contribution in [2.75, 3.05) is 85.3 Å². The number of likely N-dealkylation sites (N-methyl/N-ethyl adjacent to an activating group) is 1. The lowest BCUT2D eigenvalue weighted by Gasteiger charge is -2.53. The molecule has 0 saturated carbocycles. The van der Waals surface area contributed by atoms with Crippen LogP contribution in [0.3, 0.4) is 0 Å². The van der Waals surface area contributed by atoms with Gasteiger partial charge < -0.3 is 19.3 Å². The van der Waals surface area contributed by atoms with E-state index >= 15 is 0 Å². The van der Waals surface area contributed by atoms with E-state index in [1.54, 1.807) is 4.90 Å². The number of nitrogens with one attached hydrogen (secondary N) is 1. The van der Waals surface area contributed by atoms with Crippen LogP contribution >= 0.6 is 19.6 Å². The van der Waals surface area contributed by atoms with Gasteiger partial charge in [0.25, 0.3) is 0 Å². The highest BCUT2D eigenvalue weighted by atomic mass is 32.1. The Kier molecular flexibility index (Phi) is 7.93. The van der Waals surface area contributed by atoms with E-state index < -0.39 is 7.36 Å². The number of ether oxygens (including phenoxy) is 2. The largest absolute Gasteiger partial charge is 0.379 e. The number of nitrogens with zero attached hydrogens (tertiary/aromatic N) is 4. The topological polar surface area (TPSA) is 45.0 Å². The summed E-state index contributed by atoms with van der Waals surface area (Å²) in [4.78, 5) is 4.01. The number of hydrogen-bond acceptors (Lipinski definition) is 3. The summed E-state index contributed by atoms with van der Waals surface area (Å²) in [6.07, 6.45) is 0. The average molecular weight is 433 g/mol. The molecule has 0 aromatic carbocycles. The Morgan fingerprint density at radius 2 is 1.39 bits per heavy atom. The van der Waals surface area contributed by atoms with Crippen molar-refractivity contribution in [3.63, 3.8) is 0 Å². The zero-order valence-corrected chi connectivity index (χ0v) is 19.9. The SMILES string of the molecule is CC[NH+]1CCN(C(=S)N=P(N2CCOCC2)(N2CCOCC2)C(C)(C)C)CC1. The Morgan fingerprint density at radius 1 is 0.929 bits per heavy atom. The second kappa shape index (κ2) is 9.82. The maximum atomic E-state index is 5.97. The van der Waals surface area contributed by atoms with Crippen LogP contribution in [-0.2, 0) is 9.47 Å². The monoisotopic (exact) mass is 432 g/mol. The molecule has 0 unspecified atom stereocenters. The lowest BCUT2D eigenvalue weighted by molar-refractivity contribution is -0.902. The summed E-state index contributed by atoms with van der Waals surface area (Å²) in [7, 11) is -2.03. The quantitative estimate of drug-likeness (QED) is 0.530. The third kappa shape index (κ3) is 4.80. The molecule has 3 saturated heterocycles. The highest BCUT2D eigenvalue weighted by Gasteiger charge is 2.46. The summed E-state index contributed by atoms with van der Waals surface area (Å²) in [6.45, 7) is 21.7. The Labute approximate surface area is 176 Å². The fraction of sp³-hybridized carbons (Fsp3) is 0.947. The molecule has 3 aliphatic heterocycles. The number of hydrogen-bond donors (Lipinski definition) is 1. The fourth-order valence-electron chi connectivity index (χ4n) is 4.52. The maximum absolute atomic E-state index is 5.97. The van der Waals surface area contributed by atoms with E-state index in [9.17, 15) is 0 Å². The number of quaternary nitrogens is 1. The summed E-state index contributed by atoms with van der Waals surface area (Å²) < 4.78 is 22.1. The molecule has 0 atom stereocenters. The molecule has 162 valence electrons. The van der Waals surface area contributed by atoms with Gasteiger partial charge in [0.05, 0.1) is 59.2 Å². The molecule has 0 aromatic rings. The van der Waals surface area contributed by atoms with Crippen molar-refractivity contribution in [3.8, 4) is 0 Å². The number of piperazine rings is 1. The molecule has 28 heavy (non-hydrogen) atoms. The van der Waals surface area contributed by atoms with Gasteiger partial charge in [0.2, 0.25) is 0 Å². The van der Waals surface area contributed by atoms with E-state index in [2.05, 4.69) is 41.9 Å². The van der Waals surface area contributed by atoms with Crippen LogP contribution in [0, 0.1) is 0 Å². The minimum absolute atomic E-state index is 0.0161. The fourth-order valence-corrected chi connectivity index (χ4v) is 9.46. The highest BCUT2D eigenvalue weighted by Crippen LogP contribution is 2.66. The molecular formula is C19H39N5O2PS+. The first kappa shape index (κ1) is 22.6. The molecule has 3 fully saturated rings. The second-order valence-electron chi connectivity index (χ2n) is 8.84. The Morgan fingerprint density at radius 3 is 1.79 bits per heavy atom. The van der Waals surface area contributed by atoms with Gasteiger partial charge in [-0.1, -0.05) is 20.8 Å². The van der Waals surface area contributed by atoms with Crippen molar-refractivity contribution in [2.45, 2.75) is 32.9 Å². The summed E-state index contributed by atoms with van der Waals surface area (Å²) in [5.41, 5.74) is 0. The van der Waals surface area contributed by atoms with Crippen molar-refractivity contribution in [3.05, 3.63) is 0 Å². The second-order valence-corrected chi connectivity index (χ2v) is 13.0. The van der Waals surface area contributed by atoms with Crippen molar-refractivity contribution in [1.82, 2.24) is 14.2 Å². The highest BCUT2D eigenvalue weighted by molar-refractivity contribution is 7.81. The molecule has 1 N–H and O–H groups in total. The minimum Gasteiger partial charge on any atom is -0.379 e. The summed E-state index contributed by atoms with van der Waals surface area (Å²) in [5.74, 6) is 0. The van der Waals surface area contributed by atoms with Gasteiger partial charge in [0.1, 0.15) is 7.36 Å². The van der Waals surface area contributed by atoms with Crippen LogP contribution < -0.4 is 4.90 Å². The summed E-state index contributed by atoms with van der Waals surface area (Å²) >= 11 is 5.97. The smallest absolute Gasteiger partial charge is 0.196 e. The first-order valence-corrected chi connectivity index (χ1v) is 12.9. The standard InChI is InChI=1S/C19H38N5O2PS/c1-5-21-6-8-22(9-7-21)18(28)20-27(19(2,3)4,23-10-14-25-15-11-23)24-12-16-26-17-13-24/h5-17H2,1-4H3/p+1. The van der Waals surface area contributed by atoms with Gasteiger partial charge in [0.15, 0.2) is 5.11 Å². The lowest BCUT2D eigenvalue weighted by Crippen LogP contribution is -3.14.